The molecule has 12 nitrogen and oxygen atoms in total. The number of carbonyl (C=O) groups is 4. The highest BCUT2D eigenvalue weighted by Crippen LogP contribution is 2.13. The van der Waals surface area contributed by atoms with E-state index in [1.807, 2.05) is 12.1 Å². The molecular weight excluding hydrogens is 456 g/mol. The predicted octanol–water partition coefficient (Wildman–Crippen LogP) is 0.439. The molecule has 0 heterocycles. The SMILES string of the molecule is O=C(O)CN(C=C[N+](CCNCc1ccc(N=C=S)cc1)(CC(=O)O)CC(=O)O)CC(=O)O. The Labute approximate surface area is 194 Å². The van der Waals surface area contributed by atoms with Gasteiger partial charge in [0.15, 0.2) is 13.1 Å². The molecular formula is C20H25N4O8S+. The van der Waals surface area contributed by atoms with Crippen molar-refractivity contribution in [3.8, 4) is 0 Å². The van der Waals surface area contributed by atoms with Gasteiger partial charge in [-0.15, -0.1) is 0 Å². The van der Waals surface area contributed by atoms with Gasteiger partial charge in [0, 0.05) is 13.1 Å². The number of hydrogen-bond acceptors (Lipinski definition) is 8. The molecule has 0 aliphatic carbocycles. The Kier molecular flexibility index (Phi) is 11.4. The molecule has 0 atom stereocenters. The van der Waals surface area contributed by atoms with Crippen LogP contribution in [0.25, 0.3) is 0 Å². The molecule has 0 aliphatic heterocycles. The highest BCUT2D eigenvalue weighted by molar-refractivity contribution is 7.78. The van der Waals surface area contributed by atoms with Gasteiger partial charge < -0.3 is 30.6 Å². The lowest BCUT2D eigenvalue weighted by molar-refractivity contribution is -0.864. The number of rotatable bonds is 16. The number of aliphatic imine (C=N–C) groups is 1. The Bertz CT molecular complexity index is 896. The molecule has 1 aromatic carbocycles. The first-order chi connectivity index (χ1) is 15.5. The molecule has 0 aromatic heterocycles. The van der Waals surface area contributed by atoms with Gasteiger partial charge >= 0.3 is 23.9 Å². The van der Waals surface area contributed by atoms with Crippen molar-refractivity contribution in [1.29, 1.82) is 0 Å². The normalized spacial score (nSPS) is 11.0. The predicted molar refractivity (Wildman–Crippen MR) is 119 cm³/mol. The first-order valence-corrected chi connectivity index (χ1v) is 10.00. The van der Waals surface area contributed by atoms with E-state index in [0.29, 0.717) is 12.2 Å². The molecule has 0 fully saturated rings. The van der Waals surface area contributed by atoms with E-state index < -0.39 is 54.5 Å². The first kappa shape index (κ1) is 27.4. The van der Waals surface area contributed by atoms with Crippen molar-refractivity contribution in [3.63, 3.8) is 0 Å². The fourth-order valence-electron chi connectivity index (χ4n) is 2.95. The summed E-state index contributed by atoms with van der Waals surface area (Å²) >= 11 is 4.54. The minimum absolute atomic E-state index is 0.0381. The van der Waals surface area contributed by atoms with Crippen LogP contribution in [0.1, 0.15) is 5.56 Å². The molecule has 0 aliphatic rings. The zero-order valence-corrected chi connectivity index (χ0v) is 18.4. The van der Waals surface area contributed by atoms with Crippen molar-refractivity contribution in [2.75, 3.05) is 39.3 Å². The molecule has 1 rings (SSSR count). The molecule has 1 aromatic rings. The second-order valence-corrected chi connectivity index (χ2v) is 7.27. The fourth-order valence-corrected chi connectivity index (χ4v) is 3.06. The first-order valence-electron chi connectivity index (χ1n) is 9.59. The summed E-state index contributed by atoms with van der Waals surface area (Å²) in [6, 6.07) is 7.11. The van der Waals surface area contributed by atoms with E-state index in [9.17, 15) is 29.4 Å². The molecule has 5 N–H and O–H groups in total. The molecule has 13 heteroatoms. The Hall–Kier alpha value is -3.64. The second-order valence-electron chi connectivity index (χ2n) is 7.08. The second kappa shape index (κ2) is 13.7. The number of nitrogens with zero attached hydrogens (tertiary/aromatic N) is 3. The van der Waals surface area contributed by atoms with Gasteiger partial charge in [0.25, 0.3) is 0 Å². The maximum absolute atomic E-state index is 11.4. The summed E-state index contributed by atoms with van der Waals surface area (Å²) in [6.45, 7) is -1.81. The molecule has 0 radical (unpaired) electrons. The summed E-state index contributed by atoms with van der Waals surface area (Å²) in [7, 11) is 0. The van der Waals surface area contributed by atoms with Crippen LogP contribution in [0.15, 0.2) is 41.7 Å². The van der Waals surface area contributed by atoms with Gasteiger partial charge in [-0.1, -0.05) is 12.1 Å². The smallest absolute Gasteiger partial charge is 0.359 e. The highest BCUT2D eigenvalue weighted by atomic mass is 32.1. The molecule has 0 unspecified atom stereocenters. The molecule has 0 spiro atoms. The highest BCUT2D eigenvalue weighted by Gasteiger charge is 2.31. The van der Waals surface area contributed by atoms with Crippen molar-refractivity contribution in [1.82, 2.24) is 10.2 Å². The fraction of sp³-hybridized carbons (Fsp3) is 0.350. The van der Waals surface area contributed by atoms with Crippen LogP contribution >= 0.6 is 12.2 Å². The number of aliphatic carboxylic acids is 4. The zero-order valence-electron chi connectivity index (χ0n) is 17.6. The standard InChI is InChI=1S/C20H24N4O8S/c25-17(26)10-23(11-18(27)28)6-8-24(12-19(29)30,13-20(31)32)7-5-21-9-15-1-3-16(4-2-15)22-14-33/h1-4,6,8,21H,5,7,9-13H2,(H3-,25,26,27,28,29,30,31,32)/p+1. The van der Waals surface area contributed by atoms with Crippen molar-refractivity contribution in [2.24, 2.45) is 4.99 Å². The quantitative estimate of drug-likeness (QED) is 0.0958. The van der Waals surface area contributed by atoms with Gasteiger partial charge in [0.05, 0.1) is 23.6 Å². The Morgan fingerprint density at radius 3 is 1.97 bits per heavy atom. The van der Waals surface area contributed by atoms with Gasteiger partial charge in [-0.05, 0) is 29.9 Å². The summed E-state index contributed by atoms with van der Waals surface area (Å²) in [5.74, 6) is -5.11. The van der Waals surface area contributed by atoms with Crippen molar-refractivity contribution < 1.29 is 44.1 Å². The van der Waals surface area contributed by atoms with E-state index in [1.165, 1.54) is 6.20 Å². The summed E-state index contributed by atoms with van der Waals surface area (Å²) < 4.78 is -0.560. The Balaban J connectivity index is 2.97. The number of benzene rings is 1. The van der Waals surface area contributed by atoms with Gasteiger partial charge in [-0.25, -0.2) is 9.59 Å². The number of nitrogens with one attached hydrogen (secondary N) is 1. The number of carboxylic acid groups (broad SMARTS) is 4. The lowest BCUT2D eigenvalue weighted by atomic mass is 10.2. The maximum atomic E-state index is 11.4. The largest absolute Gasteiger partial charge is 0.480 e. The van der Waals surface area contributed by atoms with Crippen molar-refractivity contribution in [2.45, 2.75) is 6.54 Å². The summed E-state index contributed by atoms with van der Waals surface area (Å²) in [5, 5.41) is 42.0. The summed E-state index contributed by atoms with van der Waals surface area (Å²) in [4.78, 5) is 49.7. The average Bonchev–Trinajstić information content (AvgIpc) is 2.69. The van der Waals surface area contributed by atoms with Crippen molar-refractivity contribution >= 4 is 46.9 Å². The van der Waals surface area contributed by atoms with E-state index in [0.717, 1.165) is 16.7 Å². The lowest BCUT2D eigenvalue weighted by Crippen LogP contribution is -2.53. The minimum Gasteiger partial charge on any atom is -0.480 e. The number of hydrogen-bond donors (Lipinski definition) is 5. The average molecular weight is 482 g/mol. The maximum Gasteiger partial charge on any atom is 0.359 e. The van der Waals surface area contributed by atoms with Gasteiger partial charge in [-0.3, -0.25) is 14.1 Å². The third kappa shape index (κ3) is 11.5. The van der Waals surface area contributed by atoms with Gasteiger partial charge in [0.1, 0.15) is 19.3 Å². The van der Waals surface area contributed by atoms with Crippen LogP contribution in [-0.4, -0.2) is 98.1 Å². The molecule has 33 heavy (non-hydrogen) atoms. The summed E-state index contributed by atoms with van der Waals surface area (Å²) in [5.41, 5.74) is 1.54. The van der Waals surface area contributed by atoms with Gasteiger partial charge in [0.2, 0.25) is 0 Å². The molecule has 0 saturated heterocycles. The van der Waals surface area contributed by atoms with Crippen LogP contribution in [0.3, 0.4) is 0 Å². The third-order valence-corrected chi connectivity index (χ3v) is 4.44. The van der Waals surface area contributed by atoms with Crippen LogP contribution in [0.5, 0.6) is 0 Å². The minimum atomic E-state index is -1.29. The van der Waals surface area contributed by atoms with Crippen molar-refractivity contribution in [3.05, 3.63) is 42.2 Å². The van der Waals surface area contributed by atoms with Crippen LogP contribution in [0.4, 0.5) is 5.69 Å². The number of carboxylic acids is 4. The van der Waals surface area contributed by atoms with Crippen LogP contribution in [0.2, 0.25) is 0 Å². The van der Waals surface area contributed by atoms with Gasteiger partial charge in [-0.2, -0.15) is 4.99 Å². The number of isothiocyanates is 1. The monoisotopic (exact) mass is 481 g/mol. The number of thiocarbonyl (C=S) groups is 1. The zero-order chi connectivity index (χ0) is 24.9. The molecule has 0 bridgehead atoms. The van der Waals surface area contributed by atoms with E-state index in [1.54, 1.807) is 12.1 Å². The van der Waals surface area contributed by atoms with E-state index in [2.05, 4.69) is 27.7 Å². The lowest BCUT2D eigenvalue weighted by Gasteiger charge is -2.32. The Morgan fingerprint density at radius 1 is 0.970 bits per heavy atom. The van der Waals surface area contributed by atoms with Crippen LogP contribution < -0.4 is 5.32 Å². The molecule has 0 saturated carbocycles. The molecule has 0 amide bonds. The van der Waals surface area contributed by atoms with Crippen LogP contribution in [0, 0.1) is 0 Å². The number of quaternary nitrogens is 1. The summed E-state index contributed by atoms with van der Waals surface area (Å²) in [6.07, 6.45) is 2.33. The molecule has 178 valence electrons. The van der Waals surface area contributed by atoms with E-state index in [4.69, 9.17) is 10.2 Å². The topological polar surface area (TPSA) is 177 Å². The Morgan fingerprint density at radius 2 is 1.52 bits per heavy atom. The van der Waals surface area contributed by atoms with E-state index >= 15 is 0 Å². The van der Waals surface area contributed by atoms with Crippen LogP contribution in [-0.2, 0) is 25.7 Å². The van der Waals surface area contributed by atoms with E-state index in [-0.39, 0.29) is 13.1 Å². The third-order valence-electron chi connectivity index (χ3n) is 4.34.